The van der Waals surface area contributed by atoms with Gasteiger partial charge in [-0.1, -0.05) is 43.2 Å². The number of sulfonamides is 1. The molecule has 1 saturated carbocycles. The van der Waals surface area contributed by atoms with E-state index in [1.54, 1.807) is 66.5 Å². The minimum atomic E-state index is -3.80. The van der Waals surface area contributed by atoms with Crippen LogP contribution in [0.5, 0.6) is 5.75 Å². The van der Waals surface area contributed by atoms with Gasteiger partial charge in [0, 0.05) is 13.1 Å². The number of carbonyl (C=O) groups excluding carboxylic acids is 1. The average molecular weight is 401 g/mol. The first-order valence-corrected chi connectivity index (χ1v) is 11.0. The molecule has 2 aromatic rings. The van der Waals surface area contributed by atoms with Gasteiger partial charge < -0.3 is 9.64 Å². The summed E-state index contributed by atoms with van der Waals surface area (Å²) in [5.41, 5.74) is 0.457. The Balaban J connectivity index is 1.68. The molecule has 4 rings (SSSR count). The molecule has 148 valence electrons. The first-order chi connectivity index (χ1) is 13.5. The molecule has 0 bridgehead atoms. The van der Waals surface area contributed by atoms with E-state index in [0.29, 0.717) is 11.4 Å². The number of carbonyl (C=O) groups is 1. The molecule has 7 heteroatoms. The SMILES string of the molecule is CN(C(=O)[C@H]1CN(S(=O)(=O)c2ccccc2)c2ccccc2O1)C1CCCC1. The third kappa shape index (κ3) is 3.35. The Morgan fingerprint density at radius 1 is 1.04 bits per heavy atom. The van der Waals surface area contributed by atoms with E-state index >= 15 is 0 Å². The summed E-state index contributed by atoms with van der Waals surface area (Å²) >= 11 is 0. The number of benzene rings is 2. The van der Waals surface area contributed by atoms with Gasteiger partial charge in [-0.05, 0) is 37.1 Å². The number of fused-ring (bicyclic) bond motifs is 1. The van der Waals surface area contributed by atoms with E-state index in [2.05, 4.69) is 0 Å². The molecule has 0 saturated heterocycles. The molecule has 1 aliphatic heterocycles. The summed E-state index contributed by atoms with van der Waals surface area (Å²) < 4.78 is 33.8. The second-order valence-corrected chi connectivity index (χ2v) is 9.17. The topological polar surface area (TPSA) is 66.9 Å². The highest BCUT2D eigenvalue weighted by molar-refractivity contribution is 7.92. The van der Waals surface area contributed by atoms with Crippen LogP contribution in [0.2, 0.25) is 0 Å². The van der Waals surface area contributed by atoms with E-state index in [0.717, 1.165) is 25.7 Å². The van der Waals surface area contributed by atoms with Crippen LogP contribution < -0.4 is 9.04 Å². The number of hydrogen-bond donors (Lipinski definition) is 0. The highest BCUT2D eigenvalue weighted by atomic mass is 32.2. The van der Waals surface area contributed by atoms with Crippen LogP contribution in [-0.4, -0.2) is 45.0 Å². The van der Waals surface area contributed by atoms with Crippen molar-refractivity contribution in [2.45, 2.75) is 42.7 Å². The first kappa shape index (κ1) is 18.8. The largest absolute Gasteiger partial charge is 0.476 e. The van der Waals surface area contributed by atoms with Gasteiger partial charge in [-0.15, -0.1) is 0 Å². The van der Waals surface area contributed by atoms with Gasteiger partial charge in [0.2, 0.25) is 0 Å². The number of nitrogens with zero attached hydrogens (tertiary/aromatic N) is 2. The zero-order valence-electron chi connectivity index (χ0n) is 15.8. The number of para-hydroxylation sites is 2. The molecule has 0 spiro atoms. The van der Waals surface area contributed by atoms with E-state index in [-0.39, 0.29) is 23.4 Å². The summed E-state index contributed by atoms with van der Waals surface area (Å²) in [7, 11) is -2.01. The minimum Gasteiger partial charge on any atom is -0.476 e. The molecule has 1 fully saturated rings. The lowest BCUT2D eigenvalue weighted by molar-refractivity contribution is -0.139. The Morgan fingerprint density at radius 2 is 1.68 bits per heavy atom. The first-order valence-electron chi connectivity index (χ1n) is 9.58. The molecular formula is C21H24N2O4S. The molecule has 2 aromatic carbocycles. The monoisotopic (exact) mass is 400 g/mol. The number of anilines is 1. The maximum absolute atomic E-state index is 13.3. The normalized spacial score (nSPS) is 19.8. The zero-order valence-corrected chi connectivity index (χ0v) is 16.6. The molecule has 28 heavy (non-hydrogen) atoms. The van der Waals surface area contributed by atoms with Crippen molar-refractivity contribution in [2.75, 3.05) is 17.9 Å². The van der Waals surface area contributed by atoms with E-state index < -0.39 is 16.1 Å². The maximum Gasteiger partial charge on any atom is 0.265 e. The van der Waals surface area contributed by atoms with Gasteiger partial charge in [0.25, 0.3) is 15.9 Å². The van der Waals surface area contributed by atoms with Crippen molar-refractivity contribution >= 4 is 21.6 Å². The van der Waals surface area contributed by atoms with Gasteiger partial charge in [-0.25, -0.2) is 8.42 Å². The Morgan fingerprint density at radius 3 is 2.39 bits per heavy atom. The van der Waals surface area contributed by atoms with Crippen LogP contribution in [0, 0.1) is 0 Å². The summed E-state index contributed by atoms with van der Waals surface area (Å²) in [6.45, 7) is -0.0376. The summed E-state index contributed by atoms with van der Waals surface area (Å²) in [5.74, 6) is 0.237. The molecule has 0 unspecified atom stereocenters. The van der Waals surface area contributed by atoms with E-state index in [1.807, 2.05) is 0 Å². The number of rotatable bonds is 4. The summed E-state index contributed by atoms with van der Waals surface area (Å²) in [4.78, 5) is 15.0. The fourth-order valence-electron chi connectivity index (χ4n) is 3.98. The Bertz CT molecular complexity index is 955. The van der Waals surface area contributed by atoms with Gasteiger partial charge >= 0.3 is 0 Å². The van der Waals surface area contributed by atoms with Crippen LogP contribution in [0.25, 0.3) is 0 Å². The predicted octanol–water partition coefficient (Wildman–Crippen LogP) is 3.04. The number of likely N-dealkylation sites (N-methyl/N-ethyl adjacent to an activating group) is 1. The van der Waals surface area contributed by atoms with Crippen LogP contribution in [0.1, 0.15) is 25.7 Å². The van der Waals surface area contributed by atoms with Crippen molar-refractivity contribution < 1.29 is 17.9 Å². The minimum absolute atomic E-state index is 0.0376. The quantitative estimate of drug-likeness (QED) is 0.791. The number of amides is 1. The predicted molar refractivity (Wildman–Crippen MR) is 107 cm³/mol. The third-order valence-corrected chi connectivity index (χ3v) is 7.36. The molecule has 1 heterocycles. The third-order valence-electron chi connectivity index (χ3n) is 5.56. The van der Waals surface area contributed by atoms with Crippen LogP contribution in [0.4, 0.5) is 5.69 Å². The van der Waals surface area contributed by atoms with Gasteiger partial charge in [-0.2, -0.15) is 0 Å². The van der Waals surface area contributed by atoms with Crippen molar-refractivity contribution in [1.82, 2.24) is 4.90 Å². The summed E-state index contributed by atoms with van der Waals surface area (Å²) in [5, 5.41) is 0. The van der Waals surface area contributed by atoms with Crippen molar-refractivity contribution in [3.63, 3.8) is 0 Å². The standard InChI is InChI=1S/C21H24N2O4S/c1-22(16-9-5-6-10-16)21(24)20-15-23(18-13-7-8-14-19(18)27-20)28(25,26)17-11-3-2-4-12-17/h2-4,7-8,11-14,16,20H,5-6,9-10,15H2,1H3/t20-/m1/s1. The van der Waals surface area contributed by atoms with Crippen molar-refractivity contribution in [3.05, 3.63) is 54.6 Å². The second kappa shape index (κ2) is 7.47. The fourth-order valence-corrected chi connectivity index (χ4v) is 5.47. The van der Waals surface area contributed by atoms with E-state index in [4.69, 9.17) is 4.74 Å². The van der Waals surface area contributed by atoms with Crippen LogP contribution in [-0.2, 0) is 14.8 Å². The summed E-state index contributed by atoms with van der Waals surface area (Å²) in [6, 6.07) is 15.4. The average Bonchev–Trinajstić information content (AvgIpc) is 3.27. The second-order valence-electron chi connectivity index (χ2n) is 7.31. The highest BCUT2D eigenvalue weighted by Crippen LogP contribution is 2.37. The van der Waals surface area contributed by atoms with Crippen molar-refractivity contribution in [1.29, 1.82) is 0 Å². The smallest absolute Gasteiger partial charge is 0.265 e. The van der Waals surface area contributed by atoms with Crippen molar-refractivity contribution in [3.8, 4) is 5.75 Å². The van der Waals surface area contributed by atoms with Crippen LogP contribution in [0.15, 0.2) is 59.5 Å². The number of ether oxygens (including phenoxy) is 1. The molecule has 2 aliphatic rings. The molecule has 0 radical (unpaired) electrons. The zero-order chi connectivity index (χ0) is 19.7. The molecule has 1 amide bonds. The van der Waals surface area contributed by atoms with Crippen molar-refractivity contribution in [2.24, 2.45) is 0 Å². The molecular weight excluding hydrogens is 376 g/mol. The lowest BCUT2D eigenvalue weighted by atomic mass is 10.1. The number of hydrogen-bond acceptors (Lipinski definition) is 4. The Labute approximate surface area is 165 Å². The molecule has 6 nitrogen and oxygen atoms in total. The lowest BCUT2D eigenvalue weighted by Crippen LogP contribution is -2.52. The van der Waals surface area contributed by atoms with Gasteiger partial charge in [0.15, 0.2) is 6.10 Å². The van der Waals surface area contributed by atoms with E-state index in [1.165, 1.54) is 4.31 Å². The van der Waals surface area contributed by atoms with Crippen LogP contribution in [0.3, 0.4) is 0 Å². The Kier molecular flexibility index (Phi) is 5.02. The van der Waals surface area contributed by atoms with E-state index in [9.17, 15) is 13.2 Å². The van der Waals surface area contributed by atoms with Gasteiger partial charge in [-0.3, -0.25) is 9.10 Å². The lowest BCUT2D eigenvalue weighted by Gasteiger charge is -2.37. The molecule has 0 aromatic heterocycles. The highest BCUT2D eigenvalue weighted by Gasteiger charge is 2.39. The molecule has 0 N–H and O–H groups in total. The van der Waals surface area contributed by atoms with Crippen LogP contribution >= 0.6 is 0 Å². The molecule has 1 atom stereocenters. The fraction of sp³-hybridized carbons (Fsp3) is 0.381. The van der Waals surface area contributed by atoms with Gasteiger partial charge in [0.1, 0.15) is 5.75 Å². The maximum atomic E-state index is 13.3. The Hall–Kier alpha value is -2.54. The molecule has 1 aliphatic carbocycles. The van der Waals surface area contributed by atoms with Gasteiger partial charge in [0.05, 0.1) is 17.1 Å². The summed E-state index contributed by atoms with van der Waals surface area (Å²) in [6.07, 6.45) is 3.34.